The number of nitrogens with one attached hydrogen (secondary N) is 1. The standard InChI is InChI=1S/C15H15N5O/c16-5-12-8-20-7-11(1-2-14(20)17-12)15(21)18-13-9-19-4-3-10(13)6-19/h1-2,7-8,10,13H,3-4,6,9H2,(H,18,21). The van der Waals surface area contributed by atoms with Crippen LogP contribution in [0.3, 0.4) is 0 Å². The third kappa shape index (κ3) is 2.06. The highest BCUT2D eigenvalue weighted by atomic mass is 16.1. The Labute approximate surface area is 122 Å². The predicted molar refractivity (Wildman–Crippen MR) is 75.7 cm³/mol. The zero-order chi connectivity index (χ0) is 14.4. The molecule has 6 heteroatoms. The summed E-state index contributed by atoms with van der Waals surface area (Å²) in [7, 11) is 0. The van der Waals surface area contributed by atoms with Crippen molar-refractivity contribution in [1.29, 1.82) is 5.26 Å². The van der Waals surface area contributed by atoms with Crippen LogP contribution in [0.1, 0.15) is 22.5 Å². The molecule has 2 aromatic rings. The van der Waals surface area contributed by atoms with Crippen LogP contribution in [-0.4, -0.2) is 45.9 Å². The van der Waals surface area contributed by atoms with Gasteiger partial charge in [-0.2, -0.15) is 5.26 Å². The molecule has 1 amide bonds. The SMILES string of the molecule is N#Cc1cn2cc(C(=O)NC3CN4CCC3C4)ccc2n1. The Bertz CT molecular complexity index is 759. The number of pyridine rings is 1. The van der Waals surface area contributed by atoms with E-state index in [0.717, 1.165) is 19.6 Å². The third-order valence-corrected chi connectivity index (χ3v) is 4.48. The predicted octanol–water partition coefficient (Wildman–Crippen LogP) is 0.640. The average Bonchev–Trinajstić information content (AvgIpc) is 3.20. The van der Waals surface area contributed by atoms with Gasteiger partial charge in [-0.05, 0) is 31.0 Å². The van der Waals surface area contributed by atoms with Gasteiger partial charge in [0, 0.05) is 31.5 Å². The molecule has 2 aromatic heterocycles. The minimum absolute atomic E-state index is 0.0529. The summed E-state index contributed by atoms with van der Waals surface area (Å²) >= 11 is 0. The molecule has 21 heavy (non-hydrogen) atoms. The average molecular weight is 281 g/mol. The zero-order valence-corrected chi connectivity index (χ0v) is 11.5. The Morgan fingerprint density at radius 3 is 3.00 bits per heavy atom. The van der Waals surface area contributed by atoms with Gasteiger partial charge in [-0.15, -0.1) is 0 Å². The van der Waals surface area contributed by atoms with Crippen LogP contribution < -0.4 is 5.32 Å². The van der Waals surface area contributed by atoms with Gasteiger partial charge >= 0.3 is 0 Å². The van der Waals surface area contributed by atoms with Crippen molar-refractivity contribution >= 4 is 11.6 Å². The van der Waals surface area contributed by atoms with Crippen molar-refractivity contribution in [3.8, 4) is 6.07 Å². The largest absolute Gasteiger partial charge is 0.348 e. The van der Waals surface area contributed by atoms with E-state index >= 15 is 0 Å². The molecule has 4 rings (SSSR count). The van der Waals surface area contributed by atoms with Crippen molar-refractivity contribution in [2.45, 2.75) is 12.5 Å². The van der Waals surface area contributed by atoms with Crippen molar-refractivity contribution in [2.75, 3.05) is 19.6 Å². The van der Waals surface area contributed by atoms with Crippen LogP contribution in [0.5, 0.6) is 0 Å². The lowest BCUT2D eigenvalue weighted by Gasteiger charge is -2.23. The van der Waals surface area contributed by atoms with Crippen molar-refractivity contribution in [3.05, 3.63) is 35.8 Å². The molecular formula is C15H15N5O. The van der Waals surface area contributed by atoms with E-state index in [9.17, 15) is 4.79 Å². The van der Waals surface area contributed by atoms with E-state index in [1.165, 1.54) is 6.42 Å². The minimum Gasteiger partial charge on any atom is -0.348 e. The van der Waals surface area contributed by atoms with Crippen LogP contribution in [0.2, 0.25) is 0 Å². The highest BCUT2D eigenvalue weighted by Gasteiger charge is 2.38. The molecule has 6 nitrogen and oxygen atoms in total. The van der Waals surface area contributed by atoms with Crippen molar-refractivity contribution in [1.82, 2.24) is 19.6 Å². The number of amides is 1. The molecule has 2 fully saturated rings. The second-order valence-electron chi connectivity index (χ2n) is 5.81. The number of rotatable bonds is 2. The Kier molecular flexibility index (Phi) is 2.69. The summed E-state index contributed by atoms with van der Waals surface area (Å²) < 4.78 is 1.72. The molecular weight excluding hydrogens is 266 g/mol. The van der Waals surface area contributed by atoms with Crippen LogP contribution in [0, 0.1) is 17.2 Å². The summed E-state index contributed by atoms with van der Waals surface area (Å²) in [6.45, 7) is 3.23. The molecule has 0 radical (unpaired) electrons. The maximum Gasteiger partial charge on any atom is 0.253 e. The smallest absolute Gasteiger partial charge is 0.253 e. The van der Waals surface area contributed by atoms with E-state index < -0.39 is 0 Å². The number of fused-ring (bicyclic) bond motifs is 3. The lowest BCUT2D eigenvalue weighted by molar-refractivity contribution is 0.0924. The Morgan fingerprint density at radius 2 is 2.29 bits per heavy atom. The first-order valence-corrected chi connectivity index (χ1v) is 7.15. The van der Waals surface area contributed by atoms with Crippen molar-refractivity contribution < 1.29 is 4.79 Å². The molecule has 0 saturated carbocycles. The minimum atomic E-state index is -0.0529. The topological polar surface area (TPSA) is 73.4 Å². The number of hydrogen-bond donors (Lipinski definition) is 1. The second-order valence-corrected chi connectivity index (χ2v) is 5.81. The quantitative estimate of drug-likeness (QED) is 0.876. The van der Waals surface area contributed by atoms with Crippen LogP contribution >= 0.6 is 0 Å². The molecule has 0 aliphatic carbocycles. The van der Waals surface area contributed by atoms with E-state index in [4.69, 9.17) is 5.26 Å². The fourth-order valence-electron chi connectivity index (χ4n) is 3.38. The summed E-state index contributed by atoms with van der Waals surface area (Å²) in [5.74, 6) is 0.541. The fraction of sp³-hybridized carbons (Fsp3) is 0.400. The highest BCUT2D eigenvalue weighted by molar-refractivity contribution is 5.94. The Balaban J connectivity index is 1.55. The summed E-state index contributed by atoms with van der Waals surface area (Å²) in [5.41, 5.74) is 1.63. The summed E-state index contributed by atoms with van der Waals surface area (Å²) in [6.07, 6.45) is 4.54. The van der Waals surface area contributed by atoms with Gasteiger partial charge in [-0.25, -0.2) is 4.98 Å². The lowest BCUT2D eigenvalue weighted by Crippen LogP contribution is -2.43. The monoisotopic (exact) mass is 281 g/mol. The molecule has 3 atom stereocenters. The third-order valence-electron chi connectivity index (χ3n) is 4.48. The number of nitrogens with zero attached hydrogens (tertiary/aromatic N) is 4. The number of carbonyl (C=O) groups is 1. The Hall–Kier alpha value is -2.39. The maximum atomic E-state index is 12.4. The first-order valence-electron chi connectivity index (χ1n) is 7.15. The van der Waals surface area contributed by atoms with Gasteiger partial charge in [0.2, 0.25) is 0 Å². The lowest BCUT2D eigenvalue weighted by atomic mass is 10.00. The van der Waals surface area contributed by atoms with Gasteiger partial charge in [0.25, 0.3) is 5.91 Å². The van der Waals surface area contributed by atoms with E-state index in [-0.39, 0.29) is 11.9 Å². The Morgan fingerprint density at radius 1 is 1.38 bits per heavy atom. The molecule has 0 aromatic carbocycles. The van der Waals surface area contributed by atoms with E-state index in [0.29, 0.717) is 22.8 Å². The molecule has 1 N–H and O–H groups in total. The normalized spacial score (nSPS) is 26.9. The highest BCUT2D eigenvalue weighted by Crippen LogP contribution is 2.27. The fourth-order valence-corrected chi connectivity index (χ4v) is 3.38. The summed E-state index contributed by atoms with van der Waals surface area (Å²) in [6, 6.07) is 5.79. The van der Waals surface area contributed by atoms with Gasteiger partial charge in [0.05, 0.1) is 5.56 Å². The van der Waals surface area contributed by atoms with Gasteiger partial charge in [0.1, 0.15) is 11.7 Å². The van der Waals surface area contributed by atoms with Gasteiger partial charge < -0.3 is 14.6 Å². The van der Waals surface area contributed by atoms with Crippen LogP contribution in [0.15, 0.2) is 24.5 Å². The number of aromatic nitrogens is 2. The van der Waals surface area contributed by atoms with Crippen molar-refractivity contribution in [2.24, 2.45) is 5.92 Å². The molecule has 2 aliphatic heterocycles. The van der Waals surface area contributed by atoms with Gasteiger partial charge in [0.15, 0.2) is 5.69 Å². The summed E-state index contributed by atoms with van der Waals surface area (Å²) in [5, 5.41) is 12.0. The molecule has 2 bridgehead atoms. The van der Waals surface area contributed by atoms with Crippen LogP contribution in [0.4, 0.5) is 0 Å². The molecule has 2 aliphatic rings. The molecule has 0 spiro atoms. The number of imidazole rings is 1. The summed E-state index contributed by atoms with van der Waals surface area (Å²) in [4.78, 5) is 18.9. The number of nitriles is 1. The zero-order valence-electron chi connectivity index (χ0n) is 11.5. The van der Waals surface area contributed by atoms with Crippen molar-refractivity contribution in [3.63, 3.8) is 0 Å². The van der Waals surface area contributed by atoms with E-state index in [1.807, 2.05) is 6.07 Å². The van der Waals surface area contributed by atoms with E-state index in [2.05, 4.69) is 15.2 Å². The first kappa shape index (κ1) is 12.4. The molecule has 3 unspecified atom stereocenters. The maximum absolute atomic E-state index is 12.4. The van der Waals surface area contributed by atoms with Gasteiger partial charge in [-0.3, -0.25) is 4.79 Å². The van der Waals surface area contributed by atoms with Crippen LogP contribution in [0.25, 0.3) is 5.65 Å². The number of carbonyl (C=O) groups excluding carboxylic acids is 1. The number of piperidine rings is 1. The first-order chi connectivity index (χ1) is 10.2. The van der Waals surface area contributed by atoms with Crippen LogP contribution in [-0.2, 0) is 0 Å². The molecule has 4 heterocycles. The van der Waals surface area contributed by atoms with E-state index in [1.54, 1.807) is 28.9 Å². The van der Waals surface area contributed by atoms with Gasteiger partial charge in [-0.1, -0.05) is 0 Å². The molecule has 2 saturated heterocycles. The second kappa shape index (κ2) is 4.57. The molecule has 106 valence electrons. The number of hydrogen-bond acceptors (Lipinski definition) is 4.